The van der Waals surface area contributed by atoms with Crippen LogP contribution in [0.2, 0.25) is 0 Å². The summed E-state index contributed by atoms with van der Waals surface area (Å²) in [6, 6.07) is 0.207. The van der Waals surface area contributed by atoms with Gasteiger partial charge in [-0.2, -0.15) is 0 Å². The molecule has 0 aromatic rings. The third kappa shape index (κ3) is 6.29. The maximum atomic E-state index is 13.0. The van der Waals surface area contributed by atoms with Gasteiger partial charge in [-0.15, -0.1) is 0 Å². The number of nitrogens with zero attached hydrogens (tertiary/aromatic N) is 1. The van der Waals surface area contributed by atoms with E-state index in [2.05, 4.69) is 6.92 Å². The molecule has 2 saturated carbocycles. The molecule has 1 amide bonds. The Morgan fingerprint density at radius 2 is 1.76 bits per heavy atom. The zero-order valence-corrected chi connectivity index (χ0v) is 23.8. The number of unbranched alkanes of at least 4 members (excludes halogenated alkanes) is 5. The molecule has 4 aliphatic carbocycles. The van der Waals surface area contributed by atoms with Crippen LogP contribution in [0.3, 0.4) is 0 Å². The van der Waals surface area contributed by atoms with Crippen molar-refractivity contribution in [3.63, 3.8) is 0 Å². The highest BCUT2D eigenvalue weighted by molar-refractivity contribution is 5.93. The largest absolute Gasteiger partial charge is 0.372 e. The number of hydrogen-bond acceptors (Lipinski definition) is 4. The van der Waals surface area contributed by atoms with E-state index in [1.165, 1.54) is 43.3 Å². The summed E-state index contributed by atoms with van der Waals surface area (Å²) >= 11 is 0. The summed E-state index contributed by atoms with van der Waals surface area (Å²) in [7, 11) is 1.82. The molecule has 4 rings (SSSR count). The van der Waals surface area contributed by atoms with Crippen LogP contribution in [0.4, 0.5) is 0 Å². The number of rotatable bonds is 12. The van der Waals surface area contributed by atoms with Crippen LogP contribution < -0.4 is 0 Å². The molecule has 0 aliphatic heterocycles. The number of fused-ring (bicyclic) bond motifs is 4. The predicted molar refractivity (Wildman–Crippen MR) is 147 cm³/mol. The summed E-state index contributed by atoms with van der Waals surface area (Å²) in [6.07, 6.45) is 16.7. The Morgan fingerprint density at radius 3 is 2.51 bits per heavy atom. The molecular formula is C32H49NO4. The van der Waals surface area contributed by atoms with Gasteiger partial charge in [0.1, 0.15) is 12.4 Å². The molecule has 4 aliphatic rings. The van der Waals surface area contributed by atoms with Gasteiger partial charge in [-0.25, -0.2) is 0 Å². The molecular weight excluding hydrogens is 462 g/mol. The lowest BCUT2D eigenvalue weighted by Gasteiger charge is -2.50. The van der Waals surface area contributed by atoms with Gasteiger partial charge in [-0.1, -0.05) is 44.6 Å². The minimum atomic E-state index is -0.129. The molecule has 37 heavy (non-hydrogen) atoms. The van der Waals surface area contributed by atoms with Crippen molar-refractivity contribution in [2.75, 3.05) is 20.3 Å². The molecule has 5 nitrogen and oxygen atoms in total. The number of hydrogen-bond donors (Lipinski definition) is 0. The van der Waals surface area contributed by atoms with Crippen molar-refractivity contribution in [2.24, 2.45) is 23.2 Å². The van der Waals surface area contributed by atoms with Crippen molar-refractivity contribution in [2.45, 2.75) is 117 Å². The van der Waals surface area contributed by atoms with Gasteiger partial charge in [-0.05, 0) is 93.8 Å². The molecule has 0 N–H and O–H groups in total. The van der Waals surface area contributed by atoms with Crippen LogP contribution in [-0.4, -0.2) is 48.7 Å². The lowest BCUT2D eigenvalue weighted by atomic mass is 9.53. The lowest BCUT2D eigenvalue weighted by Crippen LogP contribution is -2.44. The lowest BCUT2D eigenvalue weighted by molar-refractivity contribution is -0.136. The first-order valence-corrected chi connectivity index (χ1v) is 15.1. The Bertz CT molecular complexity index is 931. The zero-order chi connectivity index (χ0) is 26.6. The first-order valence-electron chi connectivity index (χ1n) is 15.1. The molecule has 0 heterocycles. The minimum absolute atomic E-state index is 0.0517. The molecule has 2 fully saturated rings. The van der Waals surface area contributed by atoms with Crippen LogP contribution in [0.15, 0.2) is 22.8 Å². The molecule has 0 bridgehead atoms. The number of amides is 1. The first-order chi connectivity index (χ1) is 17.7. The average molecular weight is 512 g/mol. The zero-order valence-electron chi connectivity index (χ0n) is 23.8. The third-order valence-electron chi connectivity index (χ3n) is 10.0. The number of ether oxygens (including phenoxy) is 1. The maximum absolute atomic E-state index is 13.0. The van der Waals surface area contributed by atoms with E-state index in [0.717, 1.165) is 51.4 Å². The Hall–Kier alpha value is -1.75. The first kappa shape index (κ1) is 28.3. The normalized spacial score (nSPS) is 29.2. The van der Waals surface area contributed by atoms with Crippen molar-refractivity contribution in [3.8, 4) is 0 Å². The van der Waals surface area contributed by atoms with Crippen molar-refractivity contribution in [1.29, 1.82) is 0 Å². The fraction of sp³-hybridized carbons (Fsp3) is 0.781. The summed E-state index contributed by atoms with van der Waals surface area (Å²) in [5, 5.41) is 0. The molecule has 0 aromatic carbocycles. The Balaban J connectivity index is 1.24. The van der Waals surface area contributed by atoms with Gasteiger partial charge < -0.3 is 9.64 Å². The molecule has 0 aromatic heterocycles. The van der Waals surface area contributed by atoms with Crippen molar-refractivity contribution in [1.82, 2.24) is 4.90 Å². The summed E-state index contributed by atoms with van der Waals surface area (Å²) in [6.45, 7) is 7.13. The number of carbonyl (C=O) groups excluding carboxylic acids is 3. The number of likely N-dealkylation sites (N-methyl/N-ethyl adjacent to an activating group) is 1. The van der Waals surface area contributed by atoms with E-state index < -0.39 is 0 Å². The number of carbonyl (C=O) groups is 3. The fourth-order valence-electron chi connectivity index (χ4n) is 7.71. The molecule has 0 radical (unpaired) electrons. The van der Waals surface area contributed by atoms with Crippen molar-refractivity contribution < 1.29 is 19.1 Å². The smallest absolute Gasteiger partial charge is 0.248 e. The predicted octanol–water partition coefficient (Wildman–Crippen LogP) is 6.60. The Kier molecular flexibility index (Phi) is 9.48. The summed E-state index contributed by atoms with van der Waals surface area (Å²) in [4.78, 5) is 38.8. The highest BCUT2D eigenvalue weighted by atomic mass is 16.5. The van der Waals surface area contributed by atoms with Gasteiger partial charge in [0, 0.05) is 38.0 Å². The number of allylic oxidation sites excluding steroid dienone is 4. The summed E-state index contributed by atoms with van der Waals surface area (Å²) in [5.41, 5.74) is 4.37. The van der Waals surface area contributed by atoms with E-state index >= 15 is 0 Å². The van der Waals surface area contributed by atoms with Gasteiger partial charge >= 0.3 is 0 Å². The van der Waals surface area contributed by atoms with Crippen LogP contribution in [0.5, 0.6) is 0 Å². The van der Waals surface area contributed by atoms with Gasteiger partial charge in [0.2, 0.25) is 5.91 Å². The Labute approximate surface area is 224 Å². The monoisotopic (exact) mass is 511 g/mol. The highest BCUT2D eigenvalue weighted by Gasteiger charge is 2.55. The van der Waals surface area contributed by atoms with E-state index in [4.69, 9.17) is 4.74 Å². The number of ketones is 2. The maximum Gasteiger partial charge on any atom is 0.248 e. The van der Waals surface area contributed by atoms with Crippen molar-refractivity contribution in [3.05, 3.63) is 22.8 Å². The molecule has 0 spiro atoms. The number of Topliss-reactive ketones (excluding diaryl/α,β-unsaturated/α-hetero) is 1. The topological polar surface area (TPSA) is 63.7 Å². The second-order valence-corrected chi connectivity index (χ2v) is 12.7. The van der Waals surface area contributed by atoms with Gasteiger partial charge in [0.25, 0.3) is 0 Å². The molecule has 206 valence electrons. The minimum Gasteiger partial charge on any atom is -0.372 e. The van der Waals surface area contributed by atoms with E-state index in [1.807, 2.05) is 27.0 Å². The highest BCUT2D eigenvalue weighted by Crippen LogP contribution is 2.61. The van der Waals surface area contributed by atoms with E-state index in [9.17, 15) is 14.4 Å². The molecule has 2 unspecified atom stereocenters. The summed E-state index contributed by atoms with van der Waals surface area (Å²) < 4.78 is 5.58. The average Bonchev–Trinajstić information content (AvgIpc) is 3.17. The molecule has 0 saturated heterocycles. The van der Waals surface area contributed by atoms with Crippen LogP contribution in [0, 0.1) is 23.2 Å². The van der Waals surface area contributed by atoms with Crippen LogP contribution in [0.25, 0.3) is 0 Å². The summed E-state index contributed by atoms with van der Waals surface area (Å²) in [5.74, 6) is 2.44. The second kappa shape index (κ2) is 12.4. The second-order valence-electron chi connectivity index (χ2n) is 12.7. The Morgan fingerprint density at radius 1 is 1.03 bits per heavy atom. The van der Waals surface area contributed by atoms with Gasteiger partial charge in [-0.3, -0.25) is 14.4 Å². The van der Waals surface area contributed by atoms with E-state index in [-0.39, 0.29) is 24.0 Å². The SMILES string of the molecule is CC(C)N(C)C(=O)COCCCCCCCC[C@H]1C[C@]2(C)C(=O)CCC2C2CCC3=CC(=O)CCC3=C21. The standard InChI is InChI=1S/C32H49NO4/c1-22(2)33(4)30(36)21-37-18-10-8-6-5-7-9-11-24-20-32(3)28(16-17-29(32)35)27-14-12-23-19-25(34)13-15-26(23)31(24)27/h19,22,24,27-28H,5-18,20-21H2,1-4H3/t24-,27?,28?,32-/m0/s1. The van der Waals surface area contributed by atoms with E-state index in [0.29, 0.717) is 42.3 Å². The van der Waals surface area contributed by atoms with Gasteiger partial charge in [0.15, 0.2) is 5.78 Å². The molecule has 4 atom stereocenters. The van der Waals surface area contributed by atoms with Crippen LogP contribution in [0.1, 0.15) is 111 Å². The van der Waals surface area contributed by atoms with Gasteiger partial charge in [0.05, 0.1) is 0 Å². The van der Waals surface area contributed by atoms with E-state index in [1.54, 1.807) is 10.5 Å². The third-order valence-corrected chi connectivity index (χ3v) is 10.0. The molecule has 5 heteroatoms. The van der Waals surface area contributed by atoms with Crippen molar-refractivity contribution >= 4 is 17.5 Å². The van der Waals surface area contributed by atoms with Crippen LogP contribution in [-0.2, 0) is 19.1 Å². The fourth-order valence-corrected chi connectivity index (χ4v) is 7.71. The quantitative estimate of drug-likeness (QED) is 0.277. The van der Waals surface area contributed by atoms with Crippen LogP contribution >= 0.6 is 0 Å².